The van der Waals surface area contributed by atoms with E-state index in [9.17, 15) is 0 Å². The van der Waals surface area contributed by atoms with Crippen LogP contribution in [0.1, 0.15) is 18.1 Å². The summed E-state index contributed by atoms with van der Waals surface area (Å²) in [6.07, 6.45) is 0.936. The van der Waals surface area contributed by atoms with E-state index in [0.29, 0.717) is 0 Å². The van der Waals surface area contributed by atoms with Crippen molar-refractivity contribution in [2.24, 2.45) is 0 Å². The summed E-state index contributed by atoms with van der Waals surface area (Å²) in [7, 11) is 1.66. The summed E-state index contributed by atoms with van der Waals surface area (Å²) >= 11 is 0. The molecule has 0 fully saturated rings. The Morgan fingerprint density at radius 3 is 2.86 bits per heavy atom. The molecule has 0 saturated carbocycles. The van der Waals surface area contributed by atoms with E-state index in [1.54, 1.807) is 7.11 Å². The van der Waals surface area contributed by atoms with E-state index in [1.807, 2.05) is 6.07 Å². The van der Waals surface area contributed by atoms with Crippen molar-refractivity contribution >= 4 is 0 Å². The van der Waals surface area contributed by atoms with Gasteiger partial charge in [0.15, 0.2) is 11.5 Å². The Kier molecular flexibility index (Phi) is 2.23. The molecule has 1 heterocycles. The Bertz CT molecular complexity index is 354. The van der Waals surface area contributed by atoms with Gasteiger partial charge in [0.05, 0.1) is 7.11 Å². The molecule has 1 aromatic rings. The standard InChI is InChI=1S/C11H14O3/c1-4-8-7(2)5-9-11(10(8)12-3)14-6-13-9/h5H,4,6H2,1-3H3. The minimum atomic E-state index is 0.290. The highest BCUT2D eigenvalue weighted by Crippen LogP contribution is 2.44. The molecule has 3 nitrogen and oxygen atoms in total. The maximum Gasteiger partial charge on any atom is 0.231 e. The third-order valence-corrected chi connectivity index (χ3v) is 2.50. The first-order valence-electron chi connectivity index (χ1n) is 4.74. The van der Waals surface area contributed by atoms with Crippen molar-refractivity contribution in [2.45, 2.75) is 20.3 Å². The van der Waals surface area contributed by atoms with Gasteiger partial charge in [0.2, 0.25) is 12.5 Å². The normalized spacial score (nSPS) is 13.1. The van der Waals surface area contributed by atoms with Gasteiger partial charge in [-0.15, -0.1) is 0 Å². The maximum atomic E-state index is 5.37. The topological polar surface area (TPSA) is 27.7 Å². The number of fused-ring (bicyclic) bond motifs is 1. The first-order chi connectivity index (χ1) is 6.77. The fourth-order valence-electron chi connectivity index (χ4n) is 1.83. The molecule has 1 aromatic carbocycles. The molecule has 0 N–H and O–H groups in total. The molecule has 3 heteroatoms. The van der Waals surface area contributed by atoms with Crippen molar-refractivity contribution in [1.29, 1.82) is 0 Å². The van der Waals surface area contributed by atoms with Crippen LogP contribution in [-0.2, 0) is 6.42 Å². The molecular formula is C11H14O3. The molecule has 0 spiro atoms. The molecule has 0 saturated heterocycles. The summed E-state index contributed by atoms with van der Waals surface area (Å²) in [5.41, 5.74) is 2.38. The Morgan fingerprint density at radius 2 is 2.21 bits per heavy atom. The first-order valence-corrected chi connectivity index (χ1v) is 4.74. The van der Waals surface area contributed by atoms with Gasteiger partial charge >= 0.3 is 0 Å². The van der Waals surface area contributed by atoms with Crippen LogP contribution >= 0.6 is 0 Å². The third kappa shape index (κ3) is 1.20. The third-order valence-electron chi connectivity index (χ3n) is 2.50. The van der Waals surface area contributed by atoms with Crippen LogP contribution in [0.2, 0.25) is 0 Å². The summed E-state index contributed by atoms with van der Waals surface area (Å²) in [6, 6.07) is 2.00. The van der Waals surface area contributed by atoms with Gasteiger partial charge in [-0.2, -0.15) is 0 Å². The molecule has 0 radical (unpaired) electrons. The van der Waals surface area contributed by atoms with E-state index in [4.69, 9.17) is 14.2 Å². The molecule has 0 unspecified atom stereocenters. The van der Waals surface area contributed by atoms with Crippen molar-refractivity contribution in [2.75, 3.05) is 13.9 Å². The first kappa shape index (κ1) is 9.19. The smallest absolute Gasteiger partial charge is 0.231 e. The molecule has 0 amide bonds. The van der Waals surface area contributed by atoms with Crippen molar-refractivity contribution in [3.8, 4) is 17.2 Å². The summed E-state index contributed by atoms with van der Waals surface area (Å²) in [6.45, 7) is 4.45. The molecule has 0 aromatic heterocycles. The molecule has 76 valence electrons. The summed E-state index contributed by atoms with van der Waals surface area (Å²) < 4.78 is 16.0. The largest absolute Gasteiger partial charge is 0.492 e. The minimum absolute atomic E-state index is 0.290. The highest BCUT2D eigenvalue weighted by Gasteiger charge is 2.22. The van der Waals surface area contributed by atoms with Gasteiger partial charge in [0, 0.05) is 5.56 Å². The van der Waals surface area contributed by atoms with Crippen molar-refractivity contribution in [3.05, 3.63) is 17.2 Å². The van der Waals surface area contributed by atoms with E-state index in [2.05, 4.69) is 13.8 Å². The lowest BCUT2D eigenvalue weighted by Gasteiger charge is -2.12. The summed E-state index contributed by atoms with van der Waals surface area (Å²) in [5.74, 6) is 2.35. The zero-order valence-electron chi connectivity index (χ0n) is 8.72. The van der Waals surface area contributed by atoms with Gasteiger partial charge in [-0.3, -0.25) is 0 Å². The second-order valence-corrected chi connectivity index (χ2v) is 3.29. The lowest BCUT2D eigenvalue weighted by atomic mass is 10.0. The number of hydrogen-bond donors (Lipinski definition) is 0. The van der Waals surface area contributed by atoms with Crippen LogP contribution in [0.5, 0.6) is 17.2 Å². The van der Waals surface area contributed by atoms with Gasteiger partial charge < -0.3 is 14.2 Å². The van der Waals surface area contributed by atoms with E-state index < -0.39 is 0 Å². The number of aryl methyl sites for hydroxylation is 1. The van der Waals surface area contributed by atoms with Crippen LogP contribution in [0.25, 0.3) is 0 Å². The summed E-state index contributed by atoms with van der Waals surface area (Å²) in [4.78, 5) is 0. The molecule has 14 heavy (non-hydrogen) atoms. The summed E-state index contributed by atoms with van der Waals surface area (Å²) in [5, 5.41) is 0. The predicted molar refractivity (Wildman–Crippen MR) is 53.2 cm³/mol. The van der Waals surface area contributed by atoms with Gasteiger partial charge in [-0.05, 0) is 25.0 Å². The number of ether oxygens (including phenoxy) is 3. The van der Waals surface area contributed by atoms with Crippen LogP contribution in [0.15, 0.2) is 6.07 Å². The predicted octanol–water partition coefficient (Wildman–Crippen LogP) is 2.29. The number of hydrogen-bond acceptors (Lipinski definition) is 3. The molecule has 0 aliphatic carbocycles. The Balaban J connectivity index is 2.62. The fraction of sp³-hybridized carbons (Fsp3) is 0.455. The van der Waals surface area contributed by atoms with Crippen LogP contribution < -0.4 is 14.2 Å². The van der Waals surface area contributed by atoms with Gasteiger partial charge in [0.25, 0.3) is 0 Å². The highest BCUT2D eigenvalue weighted by atomic mass is 16.7. The van der Waals surface area contributed by atoms with E-state index in [-0.39, 0.29) is 6.79 Å². The van der Waals surface area contributed by atoms with Crippen LogP contribution in [-0.4, -0.2) is 13.9 Å². The highest BCUT2D eigenvalue weighted by molar-refractivity contribution is 5.59. The van der Waals surface area contributed by atoms with Crippen molar-refractivity contribution < 1.29 is 14.2 Å². The Morgan fingerprint density at radius 1 is 1.43 bits per heavy atom. The van der Waals surface area contributed by atoms with Crippen LogP contribution in [0.3, 0.4) is 0 Å². The molecule has 1 aliphatic heterocycles. The SMILES string of the molecule is CCc1c(C)cc2c(c1OC)OCO2. The second kappa shape index (κ2) is 3.40. The van der Waals surface area contributed by atoms with Crippen LogP contribution in [0, 0.1) is 6.92 Å². The zero-order valence-corrected chi connectivity index (χ0v) is 8.72. The van der Waals surface area contributed by atoms with E-state index in [0.717, 1.165) is 23.7 Å². The molecular weight excluding hydrogens is 180 g/mol. The molecule has 0 bridgehead atoms. The molecule has 2 rings (SSSR count). The van der Waals surface area contributed by atoms with E-state index in [1.165, 1.54) is 11.1 Å². The van der Waals surface area contributed by atoms with E-state index >= 15 is 0 Å². The molecule has 1 aliphatic rings. The molecule has 0 atom stereocenters. The average molecular weight is 194 g/mol. The average Bonchev–Trinajstić information content (AvgIpc) is 2.62. The van der Waals surface area contributed by atoms with Gasteiger partial charge in [-0.1, -0.05) is 6.92 Å². The fourth-order valence-corrected chi connectivity index (χ4v) is 1.83. The minimum Gasteiger partial charge on any atom is -0.492 e. The zero-order chi connectivity index (χ0) is 10.1. The number of rotatable bonds is 2. The van der Waals surface area contributed by atoms with Gasteiger partial charge in [0.1, 0.15) is 0 Å². The monoisotopic (exact) mass is 194 g/mol. The maximum absolute atomic E-state index is 5.37. The van der Waals surface area contributed by atoms with Crippen molar-refractivity contribution in [3.63, 3.8) is 0 Å². The van der Waals surface area contributed by atoms with Crippen LogP contribution in [0.4, 0.5) is 0 Å². The Labute approximate surface area is 83.6 Å². The lowest BCUT2D eigenvalue weighted by Crippen LogP contribution is -1.96. The van der Waals surface area contributed by atoms with Crippen molar-refractivity contribution in [1.82, 2.24) is 0 Å². The second-order valence-electron chi connectivity index (χ2n) is 3.29. The Hall–Kier alpha value is -1.38. The number of benzene rings is 1. The number of methoxy groups -OCH3 is 1. The quantitative estimate of drug-likeness (QED) is 0.723. The van der Waals surface area contributed by atoms with Gasteiger partial charge in [-0.25, -0.2) is 0 Å². The lowest BCUT2D eigenvalue weighted by molar-refractivity contribution is 0.171.